The molecule has 0 rings (SSSR count). The predicted molar refractivity (Wildman–Crippen MR) is 207 cm³/mol. The van der Waals surface area contributed by atoms with Gasteiger partial charge in [0.05, 0.1) is 0 Å². The molecular formula is C42H87Cd3O4P. The van der Waals surface area contributed by atoms with Crippen molar-refractivity contribution in [1.82, 2.24) is 0 Å². The van der Waals surface area contributed by atoms with Gasteiger partial charge in [-0.3, -0.25) is 0 Å². The van der Waals surface area contributed by atoms with Crippen LogP contribution in [0.25, 0.3) is 0 Å². The van der Waals surface area contributed by atoms with Crippen LogP contribution in [-0.4, -0.2) is 0 Å². The second-order valence-corrected chi connectivity index (χ2v) is 14.5. The Morgan fingerprint density at radius 2 is 0.400 bits per heavy atom. The maximum absolute atomic E-state index is 8.55. The monoisotopic (exact) mass is 1030 g/mol. The van der Waals surface area contributed by atoms with Crippen LogP contribution in [0, 0.1) is 20.8 Å². The molecule has 0 saturated heterocycles. The molecule has 8 heteroatoms. The Morgan fingerprint density at radius 3 is 0.500 bits per heavy atom. The molecule has 4 nitrogen and oxygen atoms in total. The zero-order chi connectivity index (χ0) is 36.0. The minimum atomic E-state index is -5.39. The van der Waals surface area contributed by atoms with E-state index in [1.807, 2.05) is 0 Å². The summed E-state index contributed by atoms with van der Waals surface area (Å²) in [6.07, 6.45) is 50.6. The van der Waals surface area contributed by atoms with Gasteiger partial charge in [0, 0.05) is 0 Å². The van der Waals surface area contributed by atoms with Gasteiger partial charge in [-0.2, -0.15) is 27.1 Å². The molecule has 0 bridgehead atoms. The van der Waals surface area contributed by atoms with Gasteiger partial charge in [-0.05, 0) is 0 Å². The molecule has 0 aromatic heterocycles. The summed E-state index contributed by atoms with van der Waals surface area (Å²) in [5, 5.41) is 0. The van der Waals surface area contributed by atoms with E-state index in [4.69, 9.17) is 19.2 Å². The van der Waals surface area contributed by atoms with Crippen molar-refractivity contribution in [3.8, 4) is 0 Å². The van der Waals surface area contributed by atoms with E-state index in [0.29, 0.717) is 0 Å². The molecule has 290 valence electrons. The Morgan fingerprint density at radius 1 is 0.300 bits per heavy atom. The van der Waals surface area contributed by atoms with Crippen molar-refractivity contribution in [2.45, 2.75) is 252 Å². The fourth-order valence-corrected chi connectivity index (χ4v) is 5.52. The van der Waals surface area contributed by atoms with Crippen molar-refractivity contribution in [2.75, 3.05) is 0 Å². The van der Waals surface area contributed by atoms with Gasteiger partial charge in [0.15, 0.2) is 0 Å². The van der Waals surface area contributed by atoms with Crippen LogP contribution in [0.4, 0.5) is 0 Å². The molecule has 50 heavy (non-hydrogen) atoms. The Balaban J connectivity index is -0.000000101. The van der Waals surface area contributed by atoms with Crippen molar-refractivity contribution in [1.29, 1.82) is 0 Å². The third kappa shape index (κ3) is 98.3. The van der Waals surface area contributed by atoms with Crippen LogP contribution in [-0.2, 0) is 86.5 Å². The summed E-state index contributed by atoms with van der Waals surface area (Å²) in [5.41, 5.74) is 0. The van der Waals surface area contributed by atoms with Gasteiger partial charge in [-0.15, -0.1) is 0 Å². The van der Waals surface area contributed by atoms with Gasteiger partial charge in [0.1, 0.15) is 0 Å². The summed E-state index contributed by atoms with van der Waals surface area (Å²) < 4.78 is 8.55. The molecular weight excluding hydrogens is 937 g/mol. The molecule has 0 fully saturated rings. The molecule has 0 N–H and O–H groups in total. The first-order valence-corrected chi connectivity index (χ1v) is 22.3. The molecule has 0 heterocycles. The Bertz CT molecular complexity index is 438. The van der Waals surface area contributed by atoms with E-state index in [2.05, 4.69) is 41.5 Å². The second kappa shape index (κ2) is 66.7. The van der Waals surface area contributed by atoms with Crippen LogP contribution in [0.2, 0.25) is 0 Å². The van der Waals surface area contributed by atoms with E-state index in [9.17, 15) is 0 Å². The maximum atomic E-state index is 8.55. The van der Waals surface area contributed by atoms with Gasteiger partial charge in [0.25, 0.3) is 0 Å². The number of rotatable bonds is 33. The summed E-state index contributed by atoms with van der Waals surface area (Å²) in [6.45, 7) is 18.4. The van der Waals surface area contributed by atoms with Gasteiger partial charge in [0.2, 0.25) is 0 Å². The average Bonchev–Trinajstić information content (AvgIpc) is 3.04. The zero-order valence-electron chi connectivity index (χ0n) is 34.8. The average molecular weight is 1020 g/mol. The van der Waals surface area contributed by atoms with Gasteiger partial charge in [-0.25, -0.2) is 0 Å². The van der Waals surface area contributed by atoms with E-state index >= 15 is 0 Å². The molecule has 0 atom stereocenters. The second-order valence-electron chi connectivity index (χ2n) is 13.6. The number of phosphoric acid groups is 1. The van der Waals surface area contributed by atoms with Crippen LogP contribution in [0.5, 0.6) is 0 Å². The molecule has 0 spiro atoms. The standard InChI is InChI=1S/3C14H29.3Cd.H3O4P/c3*1-3-5-7-9-11-13-14-12-10-8-6-4-2;;;;1-5(2,3)4/h3*1,3-14H2,2H3;;;;(H3,1,2,3,4)/q3*-1;3*+2;/p-3. The van der Waals surface area contributed by atoms with Crippen LogP contribution in [0.3, 0.4) is 0 Å². The first-order chi connectivity index (χ1) is 22.7. The van der Waals surface area contributed by atoms with E-state index in [0.717, 1.165) is 19.3 Å². The minimum Gasteiger partial charge on any atom is -0.822 e. The smallest absolute Gasteiger partial charge is 0.822 e. The number of hydrogen-bond acceptors (Lipinski definition) is 4. The quantitative estimate of drug-likeness (QED) is 0.0284. The molecule has 0 radical (unpaired) electrons. The Hall–Kier alpha value is 2.88. The van der Waals surface area contributed by atoms with Crippen molar-refractivity contribution in [3.63, 3.8) is 0 Å². The fourth-order valence-electron chi connectivity index (χ4n) is 5.52. The maximum Gasteiger partial charge on any atom is 2.00 e. The molecule has 0 unspecified atom stereocenters. The summed E-state index contributed by atoms with van der Waals surface area (Å²) >= 11 is 0. The molecule has 0 saturated carbocycles. The zero-order valence-corrected chi connectivity index (χ0v) is 47.8. The largest absolute Gasteiger partial charge is 2.00 e. The summed E-state index contributed by atoms with van der Waals surface area (Å²) in [4.78, 5) is 25.6. The van der Waals surface area contributed by atoms with E-state index in [1.165, 1.54) is 212 Å². The topological polar surface area (TPSA) is 86.2 Å². The molecule has 0 aliphatic heterocycles. The number of unbranched alkanes of at least 4 members (excludes halogenated alkanes) is 33. The van der Waals surface area contributed by atoms with Crippen molar-refractivity contribution in [2.24, 2.45) is 0 Å². The van der Waals surface area contributed by atoms with Crippen LogP contribution >= 0.6 is 7.82 Å². The SMILES string of the molecule is O=P([O-])([O-])[O-].[CH2-]CCCCCCCCCCCCC.[CH2-]CCCCCCCCCCCCC.[CH2-]CCCCCCCCCCCCC.[Cd+2].[Cd+2].[Cd+2]. The number of hydrogen-bond donors (Lipinski definition) is 0. The van der Waals surface area contributed by atoms with Crippen LogP contribution in [0.1, 0.15) is 252 Å². The molecule has 0 aromatic rings. The summed E-state index contributed by atoms with van der Waals surface area (Å²) in [6, 6.07) is 0. The first kappa shape index (κ1) is 67.6. The molecule has 0 aliphatic carbocycles. The van der Waals surface area contributed by atoms with E-state index < -0.39 is 7.82 Å². The fraction of sp³-hybridized carbons (Fsp3) is 0.929. The summed E-state index contributed by atoms with van der Waals surface area (Å²) in [5.74, 6) is 0. The minimum absolute atomic E-state index is 0. The summed E-state index contributed by atoms with van der Waals surface area (Å²) in [7, 11) is -5.39. The van der Waals surface area contributed by atoms with Crippen LogP contribution < -0.4 is 14.7 Å². The predicted octanol–water partition coefficient (Wildman–Crippen LogP) is 13.7. The Labute approximate surface area is 377 Å². The van der Waals surface area contributed by atoms with E-state index in [-0.39, 0.29) is 81.9 Å². The van der Waals surface area contributed by atoms with Gasteiger partial charge >= 0.3 is 81.9 Å². The van der Waals surface area contributed by atoms with Gasteiger partial charge < -0.3 is 40.0 Å². The van der Waals surface area contributed by atoms with Crippen molar-refractivity contribution < 1.29 is 101 Å². The third-order valence-corrected chi connectivity index (χ3v) is 8.56. The third-order valence-electron chi connectivity index (χ3n) is 8.56. The molecule has 0 aliphatic rings. The first-order valence-electron chi connectivity index (χ1n) is 20.9. The molecule has 0 amide bonds. The van der Waals surface area contributed by atoms with Crippen molar-refractivity contribution in [3.05, 3.63) is 20.8 Å². The van der Waals surface area contributed by atoms with Crippen molar-refractivity contribution >= 4 is 7.82 Å². The van der Waals surface area contributed by atoms with Gasteiger partial charge in [-0.1, -0.05) is 233 Å². The Kier molecular flexibility index (Phi) is 90.2. The van der Waals surface area contributed by atoms with Crippen LogP contribution in [0.15, 0.2) is 0 Å². The van der Waals surface area contributed by atoms with E-state index in [1.54, 1.807) is 0 Å². The normalized spacial score (nSPS) is 10.2. The molecule has 0 aromatic carbocycles.